The number of carbonyl (C=O) groups excluding carboxylic acids is 1. The van der Waals surface area contributed by atoms with E-state index >= 15 is 0 Å². The lowest BCUT2D eigenvalue weighted by atomic mass is 9.94. The van der Waals surface area contributed by atoms with Crippen LogP contribution in [0.1, 0.15) is 31.9 Å². The van der Waals surface area contributed by atoms with Gasteiger partial charge in [-0.15, -0.1) is 24.8 Å². The first-order valence-electron chi connectivity index (χ1n) is 7.89. The largest absolute Gasteiger partial charge is 0.350 e. The van der Waals surface area contributed by atoms with E-state index in [0.29, 0.717) is 5.92 Å². The molecule has 0 saturated carbocycles. The number of benzene rings is 1. The van der Waals surface area contributed by atoms with Crippen LogP contribution in [0.3, 0.4) is 0 Å². The van der Waals surface area contributed by atoms with E-state index in [0.717, 1.165) is 31.6 Å². The number of amides is 1. The van der Waals surface area contributed by atoms with E-state index in [4.69, 9.17) is 0 Å². The van der Waals surface area contributed by atoms with Crippen molar-refractivity contribution >= 4 is 30.7 Å². The van der Waals surface area contributed by atoms with Gasteiger partial charge in [0.2, 0.25) is 5.91 Å². The molecule has 1 aliphatic heterocycles. The molecule has 3 unspecified atom stereocenters. The van der Waals surface area contributed by atoms with Crippen molar-refractivity contribution in [2.75, 3.05) is 26.7 Å². The number of rotatable bonds is 5. The Bertz CT molecular complexity index is 458. The fraction of sp³-hybridized carbons (Fsp3) is 0.588. The molecule has 1 aromatic carbocycles. The van der Waals surface area contributed by atoms with Crippen molar-refractivity contribution in [2.45, 2.75) is 32.4 Å². The molecule has 3 atom stereocenters. The van der Waals surface area contributed by atoms with Gasteiger partial charge in [-0.1, -0.05) is 44.2 Å². The van der Waals surface area contributed by atoms with Crippen molar-refractivity contribution in [3.63, 3.8) is 0 Å². The van der Waals surface area contributed by atoms with Crippen LogP contribution in [0.2, 0.25) is 0 Å². The van der Waals surface area contributed by atoms with Gasteiger partial charge in [0.05, 0.1) is 0 Å². The Morgan fingerprint density at radius 3 is 2.57 bits per heavy atom. The Balaban J connectivity index is 0.00000242. The minimum atomic E-state index is -0.217. The van der Waals surface area contributed by atoms with Crippen LogP contribution < -0.4 is 10.6 Å². The molecule has 1 aliphatic rings. The summed E-state index contributed by atoms with van der Waals surface area (Å²) in [5, 5.41) is 6.60. The summed E-state index contributed by atoms with van der Waals surface area (Å²) in [6, 6.07) is 10.0. The van der Waals surface area contributed by atoms with Gasteiger partial charge in [-0.2, -0.15) is 0 Å². The van der Waals surface area contributed by atoms with Crippen LogP contribution >= 0.6 is 24.8 Å². The summed E-state index contributed by atoms with van der Waals surface area (Å²) in [7, 11) is 2.00. The van der Waals surface area contributed by atoms with Crippen LogP contribution in [0.4, 0.5) is 0 Å². The minimum Gasteiger partial charge on any atom is -0.350 e. The highest BCUT2D eigenvalue weighted by molar-refractivity contribution is 5.85. The van der Waals surface area contributed by atoms with Crippen LogP contribution in [0.15, 0.2) is 30.3 Å². The van der Waals surface area contributed by atoms with Gasteiger partial charge in [0.15, 0.2) is 0 Å². The molecule has 2 rings (SSSR count). The number of nitrogens with one attached hydrogen (secondary N) is 2. The highest BCUT2D eigenvalue weighted by Gasteiger charge is 2.29. The van der Waals surface area contributed by atoms with Gasteiger partial charge < -0.3 is 10.6 Å². The summed E-state index contributed by atoms with van der Waals surface area (Å²) in [6.45, 7) is 7.04. The molecule has 1 fully saturated rings. The maximum atomic E-state index is 12.8. The molecule has 6 heteroatoms. The van der Waals surface area contributed by atoms with Gasteiger partial charge in [-0.25, -0.2) is 0 Å². The van der Waals surface area contributed by atoms with E-state index in [1.165, 1.54) is 0 Å². The molecule has 2 N–H and O–H groups in total. The molecule has 0 spiro atoms. The summed E-state index contributed by atoms with van der Waals surface area (Å²) in [4.78, 5) is 14.9. The third-order valence-electron chi connectivity index (χ3n) is 4.46. The maximum Gasteiger partial charge on any atom is 0.242 e. The number of nitrogens with zero attached hydrogens (tertiary/aromatic N) is 1. The first-order chi connectivity index (χ1) is 10.1. The van der Waals surface area contributed by atoms with Crippen molar-refractivity contribution in [2.24, 2.45) is 5.92 Å². The smallest absolute Gasteiger partial charge is 0.242 e. The molecule has 1 aromatic rings. The number of halogens is 2. The maximum absolute atomic E-state index is 12.8. The molecule has 132 valence electrons. The van der Waals surface area contributed by atoms with E-state index in [2.05, 4.69) is 29.4 Å². The van der Waals surface area contributed by atoms with Crippen LogP contribution in [0, 0.1) is 5.92 Å². The second-order valence-corrected chi connectivity index (χ2v) is 5.97. The number of hydrogen-bond donors (Lipinski definition) is 2. The molecule has 0 radical (unpaired) electrons. The Kier molecular flexibility index (Phi) is 10.5. The fourth-order valence-corrected chi connectivity index (χ4v) is 2.87. The summed E-state index contributed by atoms with van der Waals surface area (Å²) in [6.07, 6.45) is 1.12. The monoisotopic (exact) mass is 361 g/mol. The zero-order valence-electron chi connectivity index (χ0n) is 14.1. The van der Waals surface area contributed by atoms with E-state index in [1.54, 1.807) is 0 Å². The molecule has 1 amide bonds. The average Bonchev–Trinajstić information content (AvgIpc) is 2.50. The Morgan fingerprint density at radius 2 is 2.00 bits per heavy atom. The second-order valence-electron chi connectivity index (χ2n) is 5.97. The third-order valence-corrected chi connectivity index (χ3v) is 4.46. The zero-order chi connectivity index (χ0) is 15.2. The predicted molar refractivity (Wildman–Crippen MR) is 101 cm³/mol. The third kappa shape index (κ3) is 5.96. The van der Waals surface area contributed by atoms with E-state index in [9.17, 15) is 4.79 Å². The summed E-state index contributed by atoms with van der Waals surface area (Å²) in [5.41, 5.74) is 1.05. The van der Waals surface area contributed by atoms with Crippen LogP contribution in [0.25, 0.3) is 0 Å². The van der Waals surface area contributed by atoms with Gasteiger partial charge in [0, 0.05) is 12.6 Å². The second kappa shape index (κ2) is 10.9. The van der Waals surface area contributed by atoms with Crippen LogP contribution in [-0.2, 0) is 4.79 Å². The normalized spacial score (nSPS) is 21.7. The molecule has 1 heterocycles. The van der Waals surface area contributed by atoms with Crippen molar-refractivity contribution in [1.29, 1.82) is 0 Å². The minimum absolute atomic E-state index is 0. The van der Waals surface area contributed by atoms with Gasteiger partial charge in [-0.3, -0.25) is 9.69 Å². The van der Waals surface area contributed by atoms with Crippen molar-refractivity contribution in [3.8, 4) is 0 Å². The number of carbonyl (C=O) groups is 1. The quantitative estimate of drug-likeness (QED) is 0.847. The average molecular weight is 362 g/mol. The SMILES string of the molecule is CCN(C)C(C(=O)NC1CNCCC1C)c1ccccc1.Cl.Cl. The molecule has 23 heavy (non-hydrogen) atoms. The summed E-state index contributed by atoms with van der Waals surface area (Å²) in [5.74, 6) is 0.629. The molecule has 0 aliphatic carbocycles. The van der Waals surface area contributed by atoms with Crippen LogP contribution in [-0.4, -0.2) is 43.5 Å². The standard InChI is InChI=1S/C17H27N3O.2ClH/c1-4-20(3)16(14-8-6-5-7-9-14)17(21)19-15-12-18-11-10-13(15)2;;/h5-9,13,15-16,18H,4,10-12H2,1-3H3,(H,19,21);2*1H. The van der Waals surface area contributed by atoms with Gasteiger partial charge >= 0.3 is 0 Å². The fourth-order valence-electron chi connectivity index (χ4n) is 2.87. The molecular formula is C17H29Cl2N3O. The van der Waals surface area contributed by atoms with Crippen molar-refractivity contribution in [3.05, 3.63) is 35.9 Å². The molecule has 4 nitrogen and oxygen atoms in total. The first kappa shape index (κ1) is 22.2. The highest BCUT2D eigenvalue weighted by atomic mass is 35.5. The topological polar surface area (TPSA) is 44.4 Å². The van der Waals surface area contributed by atoms with E-state index in [-0.39, 0.29) is 42.8 Å². The van der Waals surface area contributed by atoms with Gasteiger partial charge in [0.25, 0.3) is 0 Å². The van der Waals surface area contributed by atoms with Gasteiger partial charge in [0.1, 0.15) is 6.04 Å². The summed E-state index contributed by atoms with van der Waals surface area (Å²) >= 11 is 0. The number of hydrogen-bond acceptors (Lipinski definition) is 3. The van der Waals surface area contributed by atoms with E-state index < -0.39 is 0 Å². The molecule has 1 saturated heterocycles. The summed E-state index contributed by atoms with van der Waals surface area (Å²) < 4.78 is 0. The first-order valence-corrected chi connectivity index (χ1v) is 7.89. The number of piperidine rings is 1. The Morgan fingerprint density at radius 1 is 1.35 bits per heavy atom. The van der Waals surface area contributed by atoms with E-state index in [1.807, 2.05) is 37.4 Å². The Labute approximate surface area is 152 Å². The highest BCUT2D eigenvalue weighted by Crippen LogP contribution is 2.20. The number of likely N-dealkylation sites (N-methyl/N-ethyl adjacent to an activating group) is 1. The predicted octanol–water partition coefficient (Wildman–Crippen LogP) is 2.64. The van der Waals surface area contributed by atoms with Gasteiger partial charge in [-0.05, 0) is 38.0 Å². The Hall–Kier alpha value is -0.810. The van der Waals surface area contributed by atoms with Crippen molar-refractivity contribution < 1.29 is 4.79 Å². The lowest BCUT2D eigenvalue weighted by Crippen LogP contribution is -2.52. The zero-order valence-corrected chi connectivity index (χ0v) is 15.8. The van der Waals surface area contributed by atoms with Crippen molar-refractivity contribution in [1.82, 2.24) is 15.5 Å². The lowest BCUT2D eigenvalue weighted by Gasteiger charge is -2.33. The molecule has 0 bridgehead atoms. The van der Waals surface area contributed by atoms with Crippen LogP contribution in [0.5, 0.6) is 0 Å². The molecular weight excluding hydrogens is 333 g/mol. The molecule has 0 aromatic heterocycles. The lowest BCUT2D eigenvalue weighted by molar-refractivity contribution is -0.127.